The van der Waals surface area contributed by atoms with Gasteiger partial charge in [-0.2, -0.15) is 0 Å². The third kappa shape index (κ3) is 5.51. The van der Waals surface area contributed by atoms with E-state index in [1.54, 1.807) is 9.80 Å². The van der Waals surface area contributed by atoms with Gasteiger partial charge in [0.25, 0.3) is 0 Å². The first-order valence-electron chi connectivity index (χ1n) is 11.7. The Kier molecular flexibility index (Phi) is 6.72. The molecular formula is C24H38N4O4. The first kappa shape index (κ1) is 24.3. The molecule has 1 aromatic heterocycles. The number of amides is 2. The summed E-state index contributed by atoms with van der Waals surface area (Å²) in [5, 5.41) is 0. The lowest BCUT2D eigenvalue weighted by Crippen LogP contribution is -2.49. The van der Waals surface area contributed by atoms with Crippen LogP contribution in [0.5, 0.6) is 0 Å². The predicted octanol–water partition coefficient (Wildman–Crippen LogP) is 4.62. The number of rotatable bonds is 2. The van der Waals surface area contributed by atoms with E-state index in [4.69, 9.17) is 19.4 Å². The average molecular weight is 447 g/mol. The van der Waals surface area contributed by atoms with Crippen LogP contribution in [0.25, 0.3) is 0 Å². The van der Waals surface area contributed by atoms with Gasteiger partial charge in [0.2, 0.25) is 0 Å². The molecule has 0 saturated heterocycles. The van der Waals surface area contributed by atoms with Gasteiger partial charge in [-0.3, -0.25) is 19.8 Å². The van der Waals surface area contributed by atoms with Gasteiger partial charge < -0.3 is 9.47 Å². The average Bonchev–Trinajstić information content (AvgIpc) is 2.67. The van der Waals surface area contributed by atoms with Gasteiger partial charge in [0.05, 0.1) is 35.9 Å². The van der Waals surface area contributed by atoms with Crippen molar-refractivity contribution in [1.82, 2.24) is 19.8 Å². The number of hydrogen-bond donors (Lipinski definition) is 0. The van der Waals surface area contributed by atoms with Crippen LogP contribution in [-0.2, 0) is 35.4 Å². The van der Waals surface area contributed by atoms with Crippen molar-refractivity contribution in [3.63, 3.8) is 0 Å². The summed E-state index contributed by atoms with van der Waals surface area (Å²) in [6.45, 7) is 16.2. The Morgan fingerprint density at radius 1 is 0.750 bits per heavy atom. The molecule has 0 saturated carbocycles. The lowest BCUT2D eigenvalue weighted by atomic mass is 9.96. The molecule has 8 nitrogen and oxygen atoms in total. The second-order valence-corrected chi connectivity index (χ2v) is 10.8. The van der Waals surface area contributed by atoms with E-state index in [9.17, 15) is 9.59 Å². The van der Waals surface area contributed by atoms with Crippen LogP contribution < -0.4 is 0 Å². The third-order valence-electron chi connectivity index (χ3n) is 5.78. The molecule has 0 bridgehead atoms. The van der Waals surface area contributed by atoms with Crippen molar-refractivity contribution in [2.75, 3.05) is 0 Å². The summed E-state index contributed by atoms with van der Waals surface area (Å²) in [4.78, 5) is 39.0. The molecule has 8 heteroatoms. The van der Waals surface area contributed by atoms with E-state index < -0.39 is 11.2 Å². The Bertz CT molecular complexity index is 800. The van der Waals surface area contributed by atoms with Gasteiger partial charge in [0.1, 0.15) is 11.2 Å². The van der Waals surface area contributed by atoms with Crippen LogP contribution in [0.4, 0.5) is 9.59 Å². The van der Waals surface area contributed by atoms with Crippen molar-refractivity contribution < 1.29 is 19.1 Å². The fourth-order valence-electron chi connectivity index (χ4n) is 4.21. The molecule has 3 heterocycles. The van der Waals surface area contributed by atoms with Crippen molar-refractivity contribution in [3.8, 4) is 0 Å². The molecule has 3 rings (SSSR count). The van der Waals surface area contributed by atoms with Crippen LogP contribution in [-0.4, -0.2) is 55.2 Å². The number of hydrogen-bond acceptors (Lipinski definition) is 6. The van der Waals surface area contributed by atoms with E-state index in [1.807, 2.05) is 41.5 Å². The molecule has 2 aliphatic heterocycles. The third-order valence-corrected chi connectivity index (χ3v) is 5.78. The normalized spacial score (nSPS) is 21.0. The molecule has 1 aromatic rings. The summed E-state index contributed by atoms with van der Waals surface area (Å²) < 4.78 is 11.3. The van der Waals surface area contributed by atoms with Crippen molar-refractivity contribution >= 4 is 12.2 Å². The molecule has 2 amide bonds. The molecule has 0 radical (unpaired) electrons. The SMILES string of the molecule is CC[C@@H]1Cc2nc3c(nc2CN1C(=O)OC(C)(C)C)C[C@@H](CC)N(C(=O)OC(C)(C)C)C3. The van der Waals surface area contributed by atoms with Crippen molar-refractivity contribution in [2.45, 2.75) is 117 Å². The van der Waals surface area contributed by atoms with Crippen molar-refractivity contribution in [1.29, 1.82) is 0 Å². The Balaban J connectivity index is 1.86. The summed E-state index contributed by atoms with van der Waals surface area (Å²) in [5.41, 5.74) is 2.40. The van der Waals surface area contributed by atoms with Crippen LogP contribution in [0, 0.1) is 0 Å². The summed E-state index contributed by atoms with van der Waals surface area (Å²) >= 11 is 0. The van der Waals surface area contributed by atoms with E-state index >= 15 is 0 Å². The summed E-state index contributed by atoms with van der Waals surface area (Å²) in [6.07, 6.45) is 2.26. The lowest BCUT2D eigenvalue weighted by molar-refractivity contribution is 0.00824. The zero-order valence-corrected chi connectivity index (χ0v) is 20.8. The quantitative estimate of drug-likeness (QED) is 0.659. The molecule has 0 aromatic carbocycles. The minimum absolute atomic E-state index is 0.0126. The molecule has 32 heavy (non-hydrogen) atoms. The second-order valence-electron chi connectivity index (χ2n) is 10.8. The molecule has 2 atom stereocenters. The largest absolute Gasteiger partial charge is 0.444 e. The molecule has 0 aliphatic carbocycles. The van der Waals surface area contributed by atoms with Crippen LogP contribution in [0.2, 0.25) is 0 Å². The lowest BCUT2D eigenvalue weighted by Gasteiger charge is -2.39. The number of carbonyl (C=O) groups is 2. The molecule has 2 aliphatic rings. The van der Waals surface area contributed by atoms with Gasteiger partial charge in [-0.05, 0) is 54.4 Å². The van der Waals surface area contributed by atoms with E-state index in [0.29, 0.717) is 25.9 Å². The second kappa shape index (κ2) is 8.87. The van der Waals surface area contributed by atoms with Gasteiger partial charge in [0, 0.05) is 24.9 Å². The van der Waals surface area contributed by atoms with Gasteiger partial charge in [-0.1, -0.05) is 13.8 Å². The Hall–Kier alpha value is -2.38. The number of fused-ring (bicyclic) bond motifs is 2. The molecule has 0 unspecified atom stereocenters. The monoisotopic (exact) mass is 446 g/mol. The Morgan fingerprint density at radius 3 is 1.38 bits per heavy atom. The van der Waals surface area contributed by atoms with E-state index in [0.717, 1.165) is 35.6 Å². The number of ether oxygens (including phenoxy) is 2. The minimum atomic E-state index is -0.545. The minimum Gasteiger partial charge on any atom is -0.444 e. The molecule has 178 valence electrons. The van der Waals surface area contributed by atoms with E-state index in [1.165, 1.54) is 0 Å². The fourth-order valence-corrected chi connectivity index (χ4v) is 4.21. The fraction of sp³-hybridized carbons (Fsp3) is 0.750. The maximum Gasteiger partial charge on any atom is 0.410 e. The maximum absolute atomic E-state index is 12.8. The highest BCUT2D eigenvalue weighted by atomic mass is 16.6. The van der Waals surface area contributed by atoms with Crippen LogP contribution in [0.3, 0.4) is 0 Å². The molecule has 0 N–H and O–H groups in total. The summed E-state index contributed by atoms with van der Waals surface area (Å²) in [7, 11) is 0. The Labute approximate surface area is 191 Å². The van der Waals surface area contributed by atoms with Gasteiger partial charge in [0.15, 0.2) is 0 Å². The number of nitrogens with zero attached hydrogens (tertiary/aromatic N) is 4. The maximum atomic E-state index is 12.8. The molecule has 0 spiro atoms. The molecular weight excluding hydrogens is 408 g/mol. The van der Waals surface area contributed by atoms with Gasteiger partial charge in [-0.15, -0.1) is 0 Å². The highest BCUT2D eigenvalue weighted by Crippen LogP contribution is 2.30. The van der Waals surface area contributed by atoms with Crippen molar-refractivity contribution in [3.05, 3.63) is 22.8 Å². The van der Waals surface area contributed by atoms with Crippen molar-refractivity contribution in [2.24, 2.45) is 0 Å². The van der Waals surface area contributed by atoms with Crippen LogP contribution in [0.1, 0.15) is 91.0 Å². The highest BCUT2D eigenvalue weighted by molar-refractivity contribution is 5.69. The summed E-state index contributed by atoms with van der Waals surface area (Å²) in [5.74, 6) is 0. The van der Waals surface area contributed by atoms with E-state index in [2.05, 4.69) is 13.8 Å². The standard InChI is InChI=1S/C24H38N4O4/c1-9-15-11-17-19(13-27(15)21(29)31-23(3,4)5)26-18-12-16(10-2)28(14-20(18)25-17)22(30)32-24(6,7)8/h15-16H,9-14H2,1-8H3/t15-,16-/m1/s1. The zero-order chi connectivity index (χ0) is 23.8. The summed E-state index contributed by atoms with van der Waals surface area (Å²) in [6, 6.07) is 0.0253. The van der Waals surface area contributed by atoms with E-state index in [-0.39, 0.29) is 24.3 Å². The zero-order valence-electron chi connectivity index (χ0n) is 20.8. The number of carbonyl (C=O) groups excluding carboxylic acids is 2. The first-order valence-corrected chi connectivity index (χ1v) is 11.7. The highest BCUT2D eigenvalue weighted by Gasteiger charge is 2.37. The topological polar surface area (TPSA) is 84.9 Å². The van der Waals surface area contributed by atoms with Crippen LogP contribution >= 0.6 is 0 Å². The van der Waals surface area contributed by atoms with Gasteiger partial charge >= 0.3 is 12.2 Å². The van der Waals surface area contributed by atoms with Gasteiger partial charge in [-0.25, -0.2) is 9.59 Å². The Morgan fingerprint density at radius 2 is 1.09 bits per heavy atom. The predicted molar refractivity (Wildman–Crippen MR) is 121 cm³/mol. The van der Waals surface area contributed by atoms with Crippen LogP contribution in [0.15, 0.2) is 0 Å². The molecule has 0 fully saturated rings. The number of aromatic nitrogens is 2. The smallest absolute Gasteiger partial charge is 0.410 e. The first-order chi connectivity index (χ1) is 14.8.